The number of alkyl halides is 6. The quantitative estimate of drug-likeness (QED) is 0.606. The maximum absolute atomic E-state index is 14.2. The molecule has 0 radical (unpaired) electrons. The second-order valence-electron chi connectivity index (χ2n) is 6.60. The van der Waals surface area contributed by atoms with E-state index in [-0.39, 0.29) is 31.2 Å². The van der Waals surface area contributed by atoms with Crippen LogP contribution in [-0.4, -0.2) is 17.5 Å². The average molecular weight is 421 g/mol. The first-order valence-corrected chi connectivity index (χ1v) is 7.98. The minimum absolute atomic E-state index is 0.0413. The summed E-state index contributed by atoms with van der Waals surface area (Å²) in [5.74, 6) is -2.35. The molecule has 134 valence electrons. The van der Waals surface area contributed by atoms with E-state index in [0.29, 0.717) is 0 Å². The number of halogens is 8. The fraction of sp³-hybridized carbons (Fsp3) is 0.600. The van der Waals surface area contributed by atoms with Gasteiger partial charge in [-0.15, -0.1) is 0 Å². The number of rotatable bonds is 3. The molecular formula is C15H12BrF7O. The van der Waals surface area contributed by atoms with E-state index in [2.05, 4.69) is 15.9 Å². The summed E-state index contributed by atoms with van der Waals surface area (Å²) >= 11 is 2.72. The lowest BCUT2D eigenvalue weighted by Gasteiger charge is -2.25. The average Bonchev–Trinajstić information content (AvgIpc) is 3.29. The second-order valence-corrected chi connectivity index (χ2v) is 7.39. The Bertz CT molecular complexity index is 685. The summed E-state index contributed by atoms with van der Waals surface area (Å²) in [6.45, 7) is 0. The van der Waals surface area contributed by atoms with Crippen LogP contribution in [0.15, 0.2) is 10.5 Å². The molecule has 9 heteroatoms. The molecule has 3 rings (SSSR count). The molecule has 1 aromatic carbocycles. The summed E-state index contributed by atoms with van der Waals surface area (Å²) in [4.78, 5) is 0. The fourth-order valence-corrected chi connectivity index (χ4v) is 3.96. The van der Waals surface area contributed by atoms with Crippen LogP contribution in [0.2, 0.25) is 0 Å². The Morgan fingerprint density at radius 3 is 1.92 bits per heavy atom. The van der Waals surface area contributed by atoms with Crippen LogP contribution in [0.5, 0.6) is 5.75 Å². The Balaban J connectivity index is 2.14. The molecule has 0 bridgehead atoms. The van der Waals surface area contributed by atoms with Gasteiger partial charge in [-0.2, -0.15) is 26.3 Å². The number of phenols is 1. The van der Waals surface area contributed by atoms with Gasteiger partial charge in [0.1, 0.15) is 0 Å². The summed E-state index contributed by atoms with van der Waals surface area (Å²) in [5, 5.41) is 9.91. The van der Waals surface area contributed by atoms with Crippen LogP contribution in [0, 0.1) is 5.82 Å². The van der Waals surface area contributed by atoms with Gasteiger partial charge in [0.15, 0.2) is 11.6 Å². The van der Waals surface area contributed by atoms with E-state index in [9.17, 15) is 35.8 Å². The van der Waals surface area contributed by atoms with Crippen molar-refractivity contribution < 1.29 is 35.8 Å². The normalized spacial score (nSPS) is 21.7. The maximum atomic E-state index is 14.2. The van der Waals surface area contributed by atoms with Crippen molar-refractivity contribution in [1.29, 1.82) is 0 Å². The molecule has 1 aromatic rings. The van der Waals surface area contributed by atoms with Crippen LogP contribution in [-0.2, 0) is 10.8 Å². The van der Waals surface area contributed by atoms with Gasteiger partial charge in [-0.1, -0.05) is 0 Å². The van der Waals surface area contributed by atoms with Crippen molar-refractivity contribution in [2.75, 3.05) is 0 Å². The van der Waals surface area contributed by atoms with E-state index in [0.717, 1.165) is 6.07 Å². The summed E-state index contributed by atoms with van der Waals surface area (Å²) in [6.07, 6.45) is -10.9. The zero-order valence-electron chi connectivity index (χ0n) is 12.1. The Labute approximate surface area is 141 Å². The highest BCUT2D eigenvalue weighted by molar-refractivity contribution is 9.10. The van der Waals surface area contributed by atoms with Crippen molar-refractivity contribution in [3.63, 3.8) is 0 Å². The van der Waals surface area contributed by atoms with Crippen LogP contribution in [0.1, 0.15) is 43.2 Å². The molecule has 0 saturated heterocycles. The van der Waals surface area contributed by atoms with Gasteiger partial charge in [-0.3, -0.25) is 0 Å². The van der Waals surface area contributed by atoms with Crippen molar-refractivity contribution >= 4 is 15.9 Å². The number of benzene rings is 1. The Kier molecular flexibility index (Phi) is 3.72. The molecule has 0 spiro atoms. The zero-order chi connectivity index (χ0) is 18.1. The molecule has 0 unspecified atom stereocenters. The van der Waals surface area contributed by atoms with E-state index in [4.69, 9.17) is 0 Å². The molecule has 0 amide bonds. The van der Waals surface area contributed by atoms with E-state index in [1.807, 2.05) is 0 Å². The highest BCUT2D eigenvalue weighted by Gasteiger charge is 2.65. The molecule has 0 aliphatic heterocycles. The molecule has 24 heavy (non-hydrogen) atoms. The van der Waals surface area contributed by atoms with Crippen molar-refractivity contribution in [2.45, 2.75) is 55.3 Å². The minimum Gasteiger partial charge on any atom is -0.505 e. The first-order valence-electron chi connectivity index (χ1n) is 7.18. The van der Waals surface area contributed by atoms with Crippen molar-refractivity contribution in [3.8, 4) is 5.75 Å². The molecule has 2 saturated carbocycles. The Morgan fingerprint density at radius 1 is 1.00 bits per heavy atom. The number of hydrogen-bond acceptors (Lipinski definition) is 1. The molecule has 0 atom stereocenters. The standard InChI is InChI=1S/C15H12BrF7O/c16-9-7(13(3-4-13)15(21,22)23)5-8(11(24)10(9)17)12(1-2-12)6-14(18,19)20/h5,24H,1-4,6H2. The lowest BCUT2D eigenvalue weighted by molar-refractivity contribution is -0.161. The fourth-order valence-electron chi connectivity index (χ4n) is 3.28. The van der Waals surface area contributed by atoms with Crippen molar-refractivity contribution in [2.24, 2.45) is 0 Å². The number of aromatic hydroxyl groups is 1. The Hall–Kier alpha value is -0.990. The first kappa shape index (κ1) is 17.8. The lowest BCUT2D eigenvalue weighted by Crippen LogP contribution is -2.30. The third-order valence-electron chi connectivity index (χ3n) is 4.95. The molecule has 2 fully saturated rings. The smallest absolute Gasteiger partial charge is 0.398 e. The highest BCUT2D eigenvalue weighted by Crippen LogP contribution is 2.63. The van der Waals surface area contributed by atoms with Gasteiger partial charge in [0.05, 0.1) is 16.3 Å². The summed E-state index contributed by atoms with van der Waals surface area (Å²) in [6, 6.07) is 0.904. The van der Waals surface area contributed by atoms with E-state index in [1.165, 1.54) is 0 Å². The molecule has 0 heterocycles. The van der Waals surface area contributed by atoms with E-state index in [1.54, 1.807) is 0 Å². The van der Waals surface area contributed by atoms with Crippen LogP contribution in [0.4, 0.5) is 30.7 Å². The van der Waals surface area contributed by atoms with E-state index >= 15 is 0 Å². The second kappa shape index (κ2) is 5.02. The van der Waals surface area contributed by atoms with Crippen molar-refractivity contribution in [3.05, 3.63) is 27.5 Å². The topological polar surface area (TPSA) is 20.2 Å². The van der Waals surface area contributed by atoms with E-state index < -0.39 is 51.2 Å². The molecular weight excluding hydrogens is 409 g/mol. The monoisotopic (exact) mass is 420 g/mol. The molecule has 2 aliphatic rings. The summed E-state index contributed by atoms with van der Waals surface area (Å²) in [7, 11) is 0. The third-order valence-corrected chi connectivity index (χ3v) is 5.73. The molecule has 1 nitrogen and oxygen atoms in total. The predicted octanol–water partition coefficient (Wildman–Crippen LogP) is 5.87. The van der Waals surface area contributed by atoms with Gasteiger partial charge in [-0.05, 0) is 53.2 Å². The van der Waals surface area contributed by atoms with Gasteiger partial charge >= 0.3 is 12.4 Å². The van der Waals surface area contributed by atoms with Gasteiger partial charge < -0.3 is 5.11 Å². The molecule has 0 aromatic heterocycles. The molecule has 1 N–H and O–H groups in total. The zero-order valence-corrected chi connectivity index (χ0v) is 13.7. The highest BCUT2D eigenvalue weighted by atomic mass is 79.9. The lowest BCUT2D eigenvalue weighted by atomic mass is 9.85. The first-order chi connectivity index (χ1) is 10.8. The van der Waals surface area contributed by atoms with Crippen LogP contribution >= 0.6 is 15.9 Å². The summed E-state index contributed by atoms with van der Waals surface area (Å²) < 4.78 is 92.0. The number of phenolic OH excluding ortho intramolecular Hbond substituents is 1. The minimum atomic E-state index is -4.64. The van der Waals surface area contributed by atoms with Crippen LogP contribution in [0.25, 0.3) is 0 Å². The van der Waals surface area contributed by atoms with Gasteiger partial charge in [-0.25, -0.2) is 4.39 Å². The summed E-state index contributed by atoms with van der Waals surface area (Å²) in [5.41, 5.74) is -4.62. The van der Waals surface area contributed by atoms with Crippen LogP contribution < -0.4 is 0 Å². The maximum Gasteiger partial charge on any atom is 0.398 e. The Morgan fingerprint density at radius 2 is 1.54 bits per heavy atom. The van der Waals surface area contributed by atoms with Gasteiger partial charge in [0.25, 0.3) is 0 Å². The van der Waals surface area contributed by atoms with Crippen LogP contribution in [0.3, 0.4) is 0 Å². The number of hydrogen-bond donors (Lipinski definition) is 1. The van der Waals surface area contributed by atoms with Gasteiger partial charge in [0.2, 0.25) is 0 Å². The SMILES string of the molecule is Oc1c(C2(CC(F)(F)F)CC2)cc(C2(C(F)(F)F)CC2)c(Br)c1F. The van der Waals surface area contributed by atoms with Gasteiger partial charge in [0, 0.05) is 11.0 Å². The predicted molar refractivity (Wildman–Crippen MR) is 74.3 cm³/mol. The third kappa shape index (κ3) is 2.68. The van der Waals surface area contributed by atoms with Crippen molar-refractivity contribution in [1.82, 2.24) is 0 Å². The molecule has 2 aliphatic carbocycles. The largest absolute Gasteiger partial charge is 0.505 e.